The Morgan fingerprint density at radius 3 is 1.58 bits per heavy atom. The van der Waals surface area contributed by atoms with Gasteiger partial charge in [0.2, 0.25) is 0 Å². The molecule has 1 aliphatic carbocycles. The van der Waals surface area contributed by atoms with E-state index in [1.807, 2.05) is 0 Å². The second kappa shape index (κ2) is 17.0. The van der Waals surface area contributed by atoms with E-state index in [4.69, 9.17) is 0 Å². The fourth-order valence-corrected chi connectivity index (χ4v) is 10.4. The Kier molecular flexibility index (Phi) is 10.1. The van der Waals surface area contributed by atoms with Crippen molar-refractivity contribution in [2.45, 2.75) is 5.41 Å². The Labute approximate surface area is 392 Å². The van der Waals surface area contributed by atoms with Gasteiger partial charge in [-0.05, 0) is 121 Å². The van der Waals surface area contributed by atoms with Crippen LogP contribution in [0.2, 0.25) is 0 Å². The summed E-state index contributed by atoms with van der Waals surface area (Å²) < 4.78 is 0. The predicted molar refractivity (Wildman–Crippen MR) is 282 cm³/mol. The van der Waals surface area contributed by atoms with Crippen LogP contribution in [0.4, 0.5) is 22.7 Å². The van der Waals surface area contributed by atoms with Crippen molar-refractivity contribution in [3.05, 3.63) is 289 Å². The van der Waals surface area contributed by atoms with Gasteiger partial charge in [0.05, 0.1) is 5.41 Å². The molecule has 2 nitrogen and oxygen atoms in total. The van der Waals surface area contributed by atoms with Crippen LogP contribution in [-0.2, 0) is 5.41 Å². The summed E-state index contributed by atoms with van der Waals surface area (Å²) in [4.78, 5) is 0. The number of hydrogen-bond donors (Lipinski definition) is 2. The molecule has 316 valence electrons. The van der Waals surface area contributed by atoms with Crippen LogP contribution in [-0.4, -0.2) is 0 Å². The Morgan fingerprint density at radius 1 is 0.254 bits per heavy atom. The molecule has 0 saturated heterocycles. The van der Waals surface area contributed by atoms with E-state index in [1.165, 1.54) is 55.3 Å². The lowest BCUT2D eigenvalue weighted by Crippen LogP contribution is -2.28. The molecule has 0 aromatic heterocycles. The van der Waals surface area contributed by atoms with Gasteiger partial charge in [-0.15, -0.1) is 0 Å². The van der Waals surface area contributed by atoms with Crippen molar-refractivity contribution in [2.24, 2.45) is 0 Å². The zero-order chi connectivity index (χ0) is 44.6. The summed E-state index contributed by atoms with van der Waals surface area (Å²) >= 11 is 0. The van der Waals surface area contributed by atoms with Crippen LogP contribution in [0.15, 0.2) is 267 Å². The van der Waals surface area contributed by atoms with Gasteiger partial charge in [0.1, 0.15) is 0 Å². The molecule has 0 amide bonds. The molecule has 0 bridgehead atoms. The maximum Gasteiger partial charge on any atom is 0.0713 e. The molecule has 0 atom stereocenters. The molecule has 2 N–H and O–H groups in total. The second-order valence-corrected chi connectivity index (χ2v) is 17.4. The van der Waals surface area contributed by atoms with Crippen LogP contribution in [0, 0.1) is 0 Å². The number of fused-ring (bicyclic) bond motifs is 4. The molecule has 0 fully saturated rings. The monoisotopic (exact) mass is 854 g/mol. The van der Waals surface area contributed by atoms with E-state index in [0.29, 0.717) is 0 Å². The summed E-state index contributed by atoms with van der Waals surface area (Å²) in [5.41, 5.74) is 20.5. The molecule has 2 heteroatoms. The third kappa shape index (κ3) is 7.17. The van der Waals surface area contributed by atoms with Crippen molar-refractivity contribution in [1.29, 1.82) is 0 Å². The Hall–Kier alpha value is -8.72. The molecule has 0 unspecified atom stereocenters. The summed E-state index contributed by atoms with van der Waals surface area (Å²) in [5.74, 6) is 0. The van der Waals surface area contributed by atoms with E-state index in [2.05, 4.69) is 278 Å². The van der Waals surface area contributed by atoms with E-state index in [0.717, 1.165) is 56.1 Å². The van der Waals surface area contributed by atoms with Crippen molar-refractivity contribution in [2.75, 3.05) is 10.6 Å². The Bertz CT molecular complexity index is 3530. The third-order valence-electron chi connectivity index (χ3n) is 13.5. The van der Waals surface area contributed by atoms with E-state index in [1.54, 1.807) is 0 Å². The molecule has 0 radical (unpaired) electrons. The van der Waals surface area contributed by atoms with Crippen LogP contribution in [0.5, 0.6) is 0 Å². The number of para-hydroxylation sites is 1. The summed E-state index contributed by atoms with van der Waals surface area (Å²) in [7, 11) is 0. The molecule has 0 aliphatic heterocycles. The summed E-state index contributed by atoms with van der Waals surface area (Å²) in [5, 5.41) is 10.1. The lowest BCUT2D eigenvalue weighted by Gasteiger charge is -2.34. The molecule has 0 spiro atoms. The minimum absolute atomic E-state index is 0.512. The molecule has 11 aromatic rings. The molecule has 67 heavy (non-hydrogen) atoms. The highest BCUT2D eigenvalue weighted by Crippen LogP contribution is 2.57. The van der Waals surface area contributed by atoms with Gasteiger partial charge in [-0.1, -0.05) is 218 Å². The quantitative estimate of drug-likeness (QED) is 0.143. The number of benzene rings is 11. The van der Waals surface area contributed by atoms with E-state index < -0.39 is 5.41 Å². The van der Waals surface area contributed by atoms with Crippen molar-refractivity contribution in [3.8, 4) is 55.6 Å². The van der Waals surface area contributed by atoms with Crippen LogP contribution in [0.25, 0.3) is 66.4 Å². The van der Waals surface area contributed by atoms with Crippen molar-refractivity contribution in [3.63, 3.8) is 0 Å². The standard InChI is InChI=1S/C65H46N2/c1-4-19-45(20-5-1)48-24-17-30-54(42-48)66-64-40-38-49(47-23-16-25-50(41-47)56-32-13-15-35-62(56)67-63-36-18-22-46-21-10-11-31-55(46)63)43-59(64)51-37-39-58-57-33-12-14-34-60(57)65(61(58)44-51,52-26-6-2-7-27-52)53-28-8-3-9-29-53/h1-44,66-67H. The minimum Gasteiger partial charge on any atom is -0.355 e. The lowest BCUT2D eigenvalue weighted by atomic mass is 9.67. The number of nitrogens with one attached hydrogen (secondary N) is 2. The number of hydrogen-bond acceptors (Lipinski definition) is 2. The highest BCUT2D eigenvalue weighted by atomic mass is 14.9. The molecular weight excluding hydrogens is 809 g/mol. The van der Waals surface area contributed by atoms with E-state index >= 15 is 0 Å². The topological polar surface area (TPSA) is 24.1 Å². The first kappa shape index (κ1) is 39.8. The number of rotatable bonds is 10. The van der Waals surface area contributed by atoms with Crippen LogP contribution >= 0.6 is 0 Å². The largest absolute Gasteiger partial charge is 0.355 e. The van der Waals surface area contributed by atoms with Crippen molar-refractivity contribution in [1.82, 2.24) is 0 Å². The van der Waals surface area contributed by atoms with Gasteiger partial charge in [-0.3, -0.25) is 0 Å². The predicted octanol–water partition coefficient (Wildman–Crippen LogP) is 17.4. The first-order valence-corrected chi connectivity index (χ1v) is 23.1. The zero-order valence-corrected chi connectivity index (χ0v) is 36.9. The maximum absolute atomic E-state index is 3.90. The summed E-state index contributed by atoms with van der Waals surface area (Å²) in [6.45, 7) is 0. The maximum atomic E-state index is 3.90. The van der Waals surface area contributed by atoms with Crippen molar-refractivity contribution >= 4 is 33.5 Å². The Morgan fingerprint density at radius 2 is 0.776 bits per heavy atom. The van der Waals surface area contributed by atoms with Gasteiger partial charge in [-0.25, -0.2) is 0 Å². The molecule has 12 rings (SSSR count). The molecule has 11 aromatic carbocycles. The van der Waals surface area contributed by atoms with E-state index in [-0.39, 0.29) is 0 Å². The molecule has 0 heterocycles. The van der Waals surface area contributed by atoms with Crippen LogP contribution < -0.4 is 10.6 Å². The SMILES string of the molecule is c1ccc(-c2cccc(Nc3ccc(-c4cccc(-c5ccccc5Nc5cccc6ccccc56)c4)cc3-c3ccc4c(c3)C(c3ccccc3)(c3ccccc3)c3ccccc3-4)c2)cc1. The molecule has 1 aliphatic rings. The van der Waals surface area contributed by atoms with Gasteiger partial charge in [0.15, 0.2) is 0 Å². The van der Waals surface area contributed by atoms with Gasteiger partial charge < -0.3 is 10.6 Å². The lowest BCUT2D eigenvalue weighted by molar-refractivity contribution is 0.769. The van der Waals surface area contributed by atoms with Gasteiger partial charge in [-0.2, -0.15) is 0 Å². The Balaban J connectivity index is 1.01. The van der Waals surface area contributed by atoms with Crippen molar-refractivity contribution < 1.29 is 0 Å². The summed E-state index contributed by atoms with van der Waals surface area (Å²) in [6, 6.07) is 96.9. The third-order valence-corrected chi connectivity index (χ3v) is 13.5. The second-order valence-electron chi connectivity index (χ2n) is 17.4. The fraction of sp³-hybridized carbons (Fsp3) is 0.0154. The first-order valence-electron chi connectivity index (χ1n) is 23.1. The van der Waals surface area contributed by atoms with Crippen LogP contribution in [0.1, 0.15) is 22.3 Å². The zero-order valence-electron chi connectivity index (χ0n) is 36.9. The van der Waals surface area contributed by atoms with E-state index in [9.17, 15) is 0 Å². The average molecular weight is 855 g/mol. The molecular formula is C65H46N2. The average Bonchev–Trinajstić information content (AvgIpc) is 3.70. The fourth-order valence-electron chi connectivity index (χ4n) is 10.4. The van der Waals surface area contributed by atoms with Gasteiger partial charge in [0.25, 0.3) is 0 Å². The highest BCUT2D eigenvalue weighted by Gasteiger charge is 2.46. The summed E-state index contributed by atoms with van der Waals surface area (Å²) in [6.07, 6.45) is 0. The highest BCUT2D eigenvalue weighted by molar-refractivity contribution is 5.97. The normalized spacial score (nSPS) is 12.3. The smallest absolute Gasteiger partial charge is 0.0713 e. The first-order chi connectivity index (χ1) is 33.2. The van der Waals surface area contributed by atoms with Gasteiger partial charge >= 0.3 is 0 Å². The minimum atomic E-state index is -0.512. The number of anilines is 4. The van der Waals surface area contributed by atoms with Gasteiger partial charge in [0, 0.05) is 39.3 Å². The molecule has 0 saturated carbocycles. The van der Waals surface area contributed by atoms with Crippen LogP contribution in [0.3, 0.4) is 0 Å².